The minimum atomic E-state index is 0.499. The normalized spacial score (nSPS) is 27.0. The summed E-state index contributed by atoms with van der Waals surface area (Å²) in [6.07, 6.45) is 5.75. The maximum Gasteiger partial charge on any atom is 0.243 e. The van der Waals surface area contributed by atoms with E-state index in [4.69, 9.17) is 0 Å². The zero-order valence-electron chi connectivity index (χ0n) is 10.6. The highest BCUT2D eigenvalue weighted by molar-refractivity contribution is 9.10. The summed E-state index contributed by atoms with van der Waals surface area (Å²) in [7, 11) is 0. The average Bonchev–Trinajstić information content (AvgIpc) is 3.07. The molecule has 4 heterocycles. The van der Waals surface area contributed by atoms with Crippen LogP contribution in [0.5, 0.6) is 0 Å². The van der Waals surface area contributed by atoms with Gasteiger partial charge in [-0.15, -0.1) is 5.10 Å². The standard InChI is InChI=1S/C13H16BrN5/c14-9-3-1-7-19-12(9)16-13(17-19)15-10-5-8-18-6-2-4-11(10)18/h1,3,7,10-11H,2,4-6,8H2,(H,15,17). The summed E-state index contributed by atoms with van der Waals surface area (Å²) in [6, 6.07) is 5.13. The van der Waals surface area contributed by atoms with E-state index in [0.29, 0.717) is 12.1 Å². The Hall–Kier alpha value is -1.14. The summed E-state index contributed by atoms with van der Waals surface area (Å²) in [5.41, 5.74) is 0.867. The zero-order valence-corrected chi connectivity index (χ0v) is 12.2. The lowest BCUT2D eigenvalue weighted by Crippen LogP contribution is -2.34. The summed E-state index contributed by atoms with van der Waals surface area (Å²) in [5.74, 6) is 0.741. The Morgan fingerprint density at radius 2 is 2.26 bits per heavy atom. The van der Waals surface area contributed by atoms with Gasteiger partial charge in [0.05, 0.1) is 4.47 Å². The number of hydrogen-bond acceptors (Lipinski definition) is 4. The van der Waals surface area contributed by atoms with Crippen LogP contribution in [-0.2, 0) is 0 Å². The molecule has 4 rings (SSSR count). The lowest BCUT2D eigenvalue weighted by Gasteiger charge is -2.20. The fourth-order valence-corrected chi connectivity index (χ4v) is 3.77. The van der Waals surface area contributed by atoms with Crippen molar-refractivity contribution in [3.63, 3.8) is 0 Å². The van der Waals surface area contributed by atoms with Crippen molar-refractivity contribution in [1.29, 1.82) is 0 Å². The number of anilines is 1. The molecule has 0 aliphatic carbocycles. The molecule has 19 heavy (non-hydrogen) atoms. The second kappa shape index (κ2) is 4.45. The van der Waals surface area contributed by atoms with Crippen molar-refractivity contribution in [2.75, 3.05) is 18.4 Å². The predicted octanol–water partition coefficient (Wildman–Crippen LogP) is 2.14. The van der Waals surface area contributed by atoms with Gasteiger partial charge in [-0.2, -0.15) is 4.98 Å². The Bertz CT molecular complexity index is 610. The first-order chi connectivity index (χ1) is 9.31. The number of aromatic nitrogens is 3. The first-order valence-corrected chi connectivity index (χ1v) is 7.62. The van der Waals surface area contributed by atoms with Crippen molar-refractivity contribution < 1.29 is 0 Å². The molecule has 0 spiro atoms. The molecule has 2 aromatic rings. The van der Waals surface area contributed by atoms with Crippen LogP contribution in [-0.4, -0.2) is 44.7 Å². The molecular weight excluding hydrogens is 306 g/mol. The van der Waals surface area contributed by atoms with E-state index in [-0.39, 0.29) is 0 Å². The van der Waals surface area contributed by atoms with Gasteiger partial charge in [-0.1, -0.05) is 0 Å². The van der Waals surface area contributed by atoms with Gasteiger partial charge in [-0.25, -0.2) is 4.52 Å². The van der Waals surface area contributed by atoms with E-state index >= 15 is 0 Å². The van der Waals surface area contributed by atoms with Crippen LogP contribution in [0.3, 0.4) is 0 Å². The van der Waals surface area contributed by atoms with Gasteiger partial charge in [0.15, 0.2) is 5.65 Å². The molecule has 0 amide bonds. The van der Waals surface area contributed by atoms with Crippen LogP contribution in [0.15, 0.2) is 22.8 Å². The number of nitrogens with zero attached hydrogens (tertiary/aromatic N) is 4. The van der Waals surface area contributed by atoms with Gasteiger partial charge in [-0.3, -0.25) is 4.90 Å². The molecule has 2 atom stereocenters. The highest BCUT2D eigenvalue weighted by Gasteiger charge is 2.37. The van der Waals surface area contributed by atoms with Gasteiger partial charge in [0.2, 0.25) is 5.95 Å². The maximum absolute atomic E-state index is 4.57. The highest BCUT2D eigenvalue weighted by atomic mass is 79.9. The summed E-state index contributed by atoms with van der Waals surface area (Å²) in [6.45, 7) is 2.46. The van der Waals surface area contributed by atoms with E-state index < -0.39 is 0 Å². The minimum Gasteiger partial charge on any atom is -0.349 e. The van der Waals surface area contributed by atoms with Crippen molar-refractivity contribution in [3.8, 4) is 0 Å². The molecule has 5 nitrogen and oxygen atoms in total. The molecule has 2 aliphatic heterocycles. The summed E-state index contributed by atoms with van der Waals surface area (Å²) in [5, 5.41) is 8.02. The number of nitrogens with one attached hydrogen (secondary N) is 1. The summed E-state index contributed by atoms with van der Waals surface area (Å²) >= 11 is 3.51. The number of hydrogen-bond donors (Lipinski definition) is 1. The molecule has 0 saturated carbocycles. The molecule has 100 valence electrons. The van der Waals surface area contributed by atoms with Crippen LogP contribution in [0.4, 0.5) is 5.95 Å². The number of fused-ring (bicyclic) bond motifs is 2. The monoisotopic (exact) mass is 321 g/mol. The van der Waals surface area contributed by atoms with Gasteiger partial charge in [0.1, 0.15) is 0 Å². The van der Waals surface area contributed by atoms with Gasteiger partial charge in [0, 0.05) is 24.8 Å². The van der Waals surface area contributed by atoms with Crippen LogP contribution in [0, 0.1) is 0 Å². The third-order valence-electron chi connectivity index (χ3n) is 4.24. The second-order valence-corrected chi connectivity index (χ2v) is 6.20. The van der Waals surface area contributed by atoms with Crippen molar-refractivity contribution in [1.82, 2.24) is 19.5 Å². The van der Waals surface area contributed by atoms with Gasteiger partial charge < -0.3 is 5.32 Å². The Morgan fingerprint density at radius 3 is 3.16 bits per heavy atom. The average molecular weight is 322 g/mol. The van der Waals surface area contributed by atoms with Crippen molar-refractivity contribution >= 4 is 27.5 Å². The first kappa shape index (κ1) is 11.7. The van der Waals surface area contributed by atoms with Gasteiger partial charge in [-0.05, 0) is 53.9 Å². The van der Waals surface area contributed by atoms with E-state index in [9.17, 15) is 0 Å². The molecule has 0 bridgehead atoms. The zero-order chi connectivity index (χ0) is 12.8. The number of halogens is 1. The fourth-order valence-electron chi connectivity index (χ4n) is 3.35. The number of pyridine rings is 1. The Morgan fingerprint density at radius 1 is 1.32 bits per heavy atom. The van der Waals surface area contributed by atoms with E-state index in [1.165, 1.54) is 32.4 Å². The van der Waals surface area contributed by atoms with Crippen LogP contribution >= 0.6 is 15.9 Å². The third-order valence-corrected chi connectivity index (χ3v) is 4.85. The predicted molar refractivity (Wildman–Crippen MR) is 77.3 cm³/mol. The molecule has 2 unspecified atom stereocenters. The lowest BCUT2D eigenvalue weighted by molar-refractivity contribution is 0.318. The van der Waals surface area contributed by atoms with E-state index in [0.717, 1.165) is 16.1 Å². The molecule has 2 aliphatic rings. The quantitative estimate of drug-likeness (QED) is 0.920. The molecule has 2 fully saturated rings. The summed E-state index contributed by atoms with van der Waals surface area (Å²) < 4.78 is 2.79. The van der Waals surface area contributed by atoms with Gasteiger partial charge >= 0.3 is 0 Å². The molecule has 0 radical (unpaired) electrons. The second-order valence-electron chi connectivity index (χ2n) is 5.34. The Balaban J connectivity index is 1.60. The molecular formula is C13H16BrN5. The molecule has 6 heteroatoms. The van der Waals surface area contributed by atoms with E-state index in [1.54, 1.807) is 0 Å². The van der Waals surface area contributed by atoms with Crippen molar-refractivity contribution in [2.45, 2.75) is 31.3 Å². The number of rotatable bonds is 2. The molecule has 0 aromatic carbocycles. The molecule has 2 saturated heterocycles. The van der Waals surface area contributed by atoms with Crippen LogP contribution in [0.2, 0.25) is 0 Å². The lowest BCUT2D eigenvalue weighted by atomic mass is 10.1. The topological polar surface area (TPSA) is 45.5 Å². The molecule has 1 N–H and O–H groups in total. The van der Waals surface area contributed by atoms with Crippen LogP contribution < -0.4 is 5.32 Å². The van der Waals surface area contributed by atoms with Crippen LogP contribution in [0.1, 0.15) is 19.3 Å². The maximum atomic E-state index is 4.57. The molecule has 2 aromatic heterocycles. The van der Waals surface area contributed by atoms with Crippen molar-refractivity contribution in [3.05, 3.63) is 22.8 Å². The third kappa shape index (κ3) is 1.94. The van der Waals surface area contributed by atoms with E-state index in [1.807, 2.05) is 22.8 Å². The largest absolute Gasteiger partial charge is 0.349 e. The van der Waals surface area contributed by atoms with Gasteiger partial charge in [0.25, 0.3) is 0 Å². The first-order valence-electron chi connectivity index (χ1n) is 6.83. The SMILES string of the molecule is Brc1cccn2nc(NC3CCN4CCCC34)nc12. The Kier molecular flexibility index (Phi) is 2.73. The minimum absolute atomic E-state index is 0.499. The highest BCUT2D eigenvalue weighted by Crippen LogP contribution is 2.29. The van der Waals surface area contributed by atoms with Crippen molar-refractivity contribution in [2.24, 2.45) is 0 Å². The Labute approximate surface area is 120 Å². The van der Waals surface area contributed by atoms with Crippen LogP contribution in [0.25, 0.3) is 5.65 Å². The summed E-state index contributed by atoms with van der Waals surface area (Å²) in [4.78, 5) is 7.15. The smallest absolute Gasteiger partial charge is 0.243 e. The van der Waals surface area contributed by atoms with E-state index in [2.05, 4.69) is 36.2 Å². The fraction of sp³-hybridized carbons (Fsp3) is 0.538.